The number of nitrogens with one attached hydrogen (secondary N) is 1. The number of hydrogen-bond donors (Lipinski definition) is 1. The van der Waals surface area contributed by atoms with Crippen molar-refractivity contribution < 1.29 is 14.3 Å². The Bertz CT molecular complexity index is 1300. The number of benzene rings is 3. The van der Waals surface area contributed by atoms with Crippen LogP contribution >= 0.6 is 46.0 Å². The van der Waals surface area contributed by atoms with Gasteiger partial charge < -0.3 is 14.8 Å². The lowest BCUT2D eigenvalue weighted by Crippen LogP contribution is -2.19. The number of halogens is 2. The topological polar surface area (TPSA) is 59.9 Å². The normalized spacial score (nSPS) is 15.6. The van der Waals surface area contributed by atoms with Gasteiger partial charge in [0.1, 0.15) is 6.61 Å². The van der Waals surface area contributed by atoms with E-state index < -0.39 is 0 Å². The number of carbonyl (C=O) groups is 1. The number of methoxy groups -OCH3 is 1. The molecule has 0 atom stereocenters. The van der Waals surface area contributed by atoms with Gasteiger partial charge in [-0.15, -0.1) is 0 Å². The summed E-state index contributed by atoms with van der Waals surface area (Å²) in [6, 6.07) is 17.4. The van der Waals surface area contributed by atoms with Crippen LogP contribution in [0.15, 0.2) is 64.5 Å². The minimum Gasteiger partial charge on any atom is -0.493 e. The van der Waals surface area contributed by atoms with E-state index in [4.69, 9.17) is 21.1 Å². The van der Waals surface area contributed by atoms with Crippen LogP contribution in [0.25, 0.3) is 6.08 Å². The van der Waals surface area contributed by atoms with Crippen molar-refractivity contribution >= 4 is 68.8 Å². The second-order valence-corrected chi connectivity index (χ2v) is 10.3. The van der Waals surface area contributed by atoms with Gasteiger partial charge >= 0.3 is 0 Å². The molecule has 0 aromatic heterocycles. The van der Waals surface area contributed by atoms with Crippen LogP contribution in [0.4, 0.5) is 5.69 Å². The Morgan fingerprint density at radius 1 is 1.12 bits per heavy atom. The van der Waals surface area contributed by atoms with Crippen molar-refractivity contribution in [1.82, 2.24) is 5.32 Å². The number of amides is 1. The summed E-state index contributed by atoms with van der Waals surface area (Å²) >= 11 is 9.76. The number of hydrogen-bond acceptors (Lipinski definition) is 5. The Morgan fingerprint density at radius 2 is 1.85 bits per heavy atom. The average Bonchev–Trinajstić information content (AvgIpc) is 3.11. The van der Waals surface area contributed by atoms with Gasteiger partial charge in [-0.05, 0) is 101 Å². The first-order valence-corrected chi connectivity index (χ1v) is 12.7. The van der Waals surface area contributed by atoms with E-state index in [0.717, 1.165) is 31.5 Å². The van der Waals surface area contributed by atoms with Gasteiger partial charge in [0.05, 0.1) is 21.3 Å². The maximum absolute atomic E-state index is 12.6. The fourth-order valence-corrected chi connectivity index (χ4v) is 5.31. The molecule has 3 aromatic carbocycles. The van der Waals surface area contributed by atoms with Crippen LogP contribution in [0.3, 0.4) is 0 Å². The third kappa shape index (κ3) is 5.95. The maximum atomic E-state index is 12.6. The monoisotopic (exact) mass is 604 g/mol. The van der Waals surface area contributed by atoms with Gasteiger partial charge in [-0.1, -0.05) is 35.9 Å². The highest BCUT2D eigenvalue weighted by Gasteiger charge is 2.24. The highest BCUT2D eigenvalue weighted by Crippen LogP contribution is 2.37. The largest absolute Gasteiger partial charge is 0.493 e. The zero-order chi connectivity index (χ0) is 24.2. The number of amidine groups is 1. The van der Waals surface area contributed by atoms with Crippen molar-refractivity contribution in [2.45, 2.75) is 20.5 Å². The molecular weight excluding hydrogens is 583 g/mol. The highest BCUT2D eigenvalue weighted by molar-refractivity contribution is 14.1. The van der Waals surface area contributed by atoms with Crippen molar-refractivity contribution in [3.8, 4) is 11.5 Å². The molecule has 174 valence electrons. The molecule has 1 amide bonds. The molecule has 1 N–H and O–H groups in total. The standard InChI is InChI=1S/C26H22ClIN2O3S/c1-15-8-16(2)10-19(9-15)29-26-30-25(31)23(34-26)13-17-11-21(28)24(22(12-17)32-3)33-14-18-6-4-5-7-20(18)27/h4-13H,14H2,1-3H3,(H,29,30,31)/b23-13-. The first kappa shape index (κ1) is 24.6. The van der Waals surface area contributed by atoms with E-state index in [-0.39, 0.29) is 5.91 Å². The third-order valence-electron chi connectivity index (χ3n) is 4.97. The number of thioether (sulfide) groups is 1. The summed E-state index contributed by atoms with van der Waals surface area (Å²) in [5, 5.41) is 4.06. The number of aliphatic imine (C=N–C) groups is 1. The number of ether oxygens (including phenoxy) is 2. The second-order valence-electron chi connectivity index (χ2n) is 7.74. The quantitative estimate of drug-likeness (QED) is 0.242. The Morgan fingerprint density at radius 3 is 2.56 bits per heavy atom. The minimum absolute atomic E-state index is 0.179. The summed E-state index contributed by atoms with van der Waals surface area (Å²) in [6.45, 7) is 4.38. The van der Waals surface area contributed by atoms with E-state index >= 15 is 0 Å². The lowest BCUT2D eigenvalue weighted by molar-refractivity contribution is -0.115. The summed E-state index contributed by atoms with van der Waals surface area (Å²) in [4.78, 5) is 17.7. The van der Waals surface area contributed by atoms with Crippen LogP contribution in [0.5, 0.6) is 11.5 Å². The van der Waals surface area contributed by atoms with E-state index in [1.165, 1.54) is 11.8 Å². The molecule has 5 nitrogen and oxygen atoms in total. The first-order valence-electron chi connectivity index (χ1n) is 10.4. The summed E-state index contributed by atoms with van der Waals surface area (Å²) in [5.41, 5.74) is 4.79. The fraction of sp³-hybridized carbons (Fsp3) is 0.154. The van der Waals surface area contributed by atoms with E-state index in [0.29, 0.717) is 33.2 Å². The fourth-order valence-electron chi connectivity index (χ4n) is 3.49. The Kier molecular flexibility index (Phi) is 7.85. The molecular formula is C26H22ClIN2O3S. The summed E-state index contributed by atoms with van der Waals surface area (Å²) in [5.74, 6) is 1.03. The van der Waals surface area contributed by atoms with Crippen LogP contribution < -0.4 is 14.8 Å². The number of rotatable bonds is 6. The van der Waals surface area contributed by atoms with Crippen LogP contribution in [-0.2, 0) is 11.4 Å². The zero-order valence-electron chi connectivity index (χ0n) is 18.8. The molecule has 34 heavy (non-hydrogen) atoms. The van der Waals surface area contributed by atoms with Gasteiger partial charge in [0.25, 0.3) is 5.91 Å². The van der Waals surface area contributed by atoms with Gasteiger partial charge in [0.2, 0.25) is 0 Å². The van der Waals surface area contributed by atoms with Crippen LogP contribution in [0.2, 0.25) is 5.02 Å². The van der Waals surface area contributed by atoms with E-state index in [9.17, 15) is 4.79 Å². The molecule has 0 bridgehead atoms. The van der Waals surface area contributed by atoms with Crippen molar-refractivity contribution in [1.29, 1.82) is 0 Å². The molecule has 0 unspecified atom stereocenters. The molecule has 1 fully saturated rings. The molecule has 0 radical (unpaired) electrons. The molecule has 0 spiro atoms. The molecule has 0 saturated carbocycles. The lowest BCUT2D eigenvalue weighted by atomic mass is 10.1. The van der Waals surface area contributed by atoms with E-state index in [1.54, 1.807) is 7.11 Å². The number of nitrogens with zero attached hydrogens (tertiary/aromatic N) is 1. The Hall–Kier alpha value is -2.49. The van der Waals surface area contributed by atoms with Crippen molar-refractivity contribution in [2.75, 3.05) is 7.11 Å². The predicted molar refractivity (Wildman–Crippen MR) is 148 cm³/mol. The molecule has 4 rings (SSSR count). The Labute approximate surface area is 221 Å². The van der Waals surface area contributed by atoms with Gasteiger partial charge in [-0.2, -0.15) is 0 Å². The second kappa shape index (κ2) is 10.8. The van der Waals surface area contributed by atoms with Gasteiger partial charge in [-0.3, -0.25) is 4.79 Å². The highest BCUT2D eigenvalue weighted by atomic mass is 127. The lowest BCUT2D eigenvalue weighted by Gasteiger charge is -2.14. The zero-order valence-corrected chi connectivity index (χ0v) is 22.5. The minimum atomic E-state index is -0.179. The molecule has 0 aliphatic carbocycles. The summed E-state index contributed by atoms with van der Waals surface area (Å²) in [7, 11) is 1.59. The van der Waals surface area contributed by atoms with Gasteiger partial charge in [0.15, 0.2) is 16.7 Å². The predicted octanol–water partition coefficient (Wildman–Crippen LogP) is 7.04. The van der Waals surface area contributed by atoms with Crippen molar-refractivity contribution in [3.05, 3.63) is 90.3 Å². The van der Waals surface area contributed by atoms with Crippen LogP contribution in [0.1, 0.15) is 22.3 Å². The van der Waals surface area contributed by atoms with Gasteiger partial charge in [-0.25, -0.2) is 4.99 Å². The summed E-state index contributed by atoms with van der Waals surface area (Å²) < 4.78 is 12.5. The number of aryl methyl sites for hydroxylation is 2. The van der Waals surface area contributed by atoms with Crippen LogP contribution in [0, 0.1) is 17.4 Å². The molecule has 1 aliphatic rings. The summed E-state index contributed by atoms with van der Waals surface area (Å²) in [6.07, 6.45) is 1.83. The smallest absolute Gasteiger partial charge is 0.264 e. The van der Waals surface area contributed by atoms with Crippen molar-refractivity contribution in [2.24, 2.45) is 4.99 Å². The van der Waals surface area contributed by atoms with Gasteiger partial charge in [0, 0.05) is 10.6 Å². The molecule has 3 aromatic rings. The SMILES string of the molecule is COc1cc(/C=C2\SC(=Nc3cc(C)cc(C)c3)NC2=O)cc(I)c1OCc1ccccc1Cl. The van der Waals surface area contributed by atoms with Crippen molar-refractivity contribution in [3.63, 3.8) is 0 Å². The van der Waals surface area contributed by atoms with E-state index in [2.05, 4.69) is 39.0 Å². The Balaban J connectivity index is 1.55. The maximum Gasteiger partial charge on any atom is 0.264 e. The van der Waals surface area contributed by atoms with E-state index in [1.807, 2.05) is 68.5 Å². The molecule has 1 heterocycles. The third-order valence-corrected chi connectivity index (χ3v) is 7.05. The van der Waals surface area contributed by atoms with Crippen LogP contribution in [-0.4, -0.2) is 18.2 Å². The molecule has 8 heteroatoms. The molecule has 1 saturated heterocycles. The first-order chi connectivity index (χ1) is 16.3. The average molecular weight is 605 g/mol. The number of carbonyl (C=O) groups excluding carboxylic acids is 1. The molecule has 1 aliphatic heterocycles.